The van der Waals surface area contributed by atoms with Gasteiger partial charge in [-0.05, 0) is 36.2 Å². The van der Waals surface area contributed by atoms with Gasteiger partial charge in [-0.15, -0.1) is 0 Å². The van der Waals surface area contributed by atoms with Crippen LogP contribution in [0.25, 0.3) is 0 Å². The SMILES string of the molecule is COc1cc(C(=O)N(CCc2ccccc2)c2ccccc2)cc(OC)c1OC. The summed E-state index contributed by atoms with van der Waals surface area (Å²) in [5.74, 6) is 1.23. The van der Waals surface area contributed by atoms with Crippen LogP contribution in [0.4, 0.5) is 5.69 Å². The van der Waals surface area contributed by atoms with Crippen LogP contribution in [0.2, 0.25) is 0 Å². The van der Waals surface area contributed by atoms with Crippen molar-refractivity contribution in [3.63, 3.8) is 0 Å². The molecule has 29 heavy (non-hydrogen) atoms. The highest BCUT2D eigenvalue weighted by Gasteiger charge is 2.22. The molecule has 5 nitrogen and oxygen atoms in total. The first kappa shape index (κ1) is 20.3. The van der Waals surface area contributed by atoms with Gasteiger partial charge in [0.2, 0.25) is 5.75 Å². The largest absolute Gasteiger partial charge is 0.493 e. The van der Waals surface area contributed by atoms with Crippen molar-refractivity contribution in [1.29, 1.82) is 0 Å². The van der Waals surface area contributed by atoms with Gasteiger partial charge in [-0.3, -0.25) is 4.79 Å². The van der Waals surface area contributed by atoms with E-state index in [0.29, 0.717) is 29.4 Å². The smallest absolute Gasteiger partial charge is 0.258 e. The molecular formula is C24H25NO4. The van der Waals surface area contributed by atoms with Crippen molar-refractivity contribution in [2.75, 3.05) is 32.8 Å². The fourth-order valence-electron chi connectivity index (χ4n) is 3.20. The summed E-state index contributed by atoms with van der Waals surface area (Å²) in [5.41, 5.74) is 2.48. The molecule has 0 heterocycles. The summed E-state index contributed by atoms with van der Waals surface area (Å²) < 4.78 is 16.2. The van der Waals surface area contributed by atoms with Gasteiger partial charge < -0.3 is 19.1 Å². The van der Waals surface area contributed by atoms with Crippen molar-refractivity contribution in [3.05, 3.63) is 83.9 Å². The predicted octanol–water partition coefficient (Wildman–Crippen LogP) is 4.60. The number of benzene rings is 3. The molecule has 1 amide bonds. The quantitative estimate of drug-likeness (QED) is 0.563. The maximum atomic E-state index is 13.5. The Hall–Kier alpha value is -3.47. The minimum atomic E-state index is -0.133. The van der Waals surface area contributed by atoms with Gasteiger partial charge in [-0.25, -0.2) is 0 Å². The Morgan fingerprint density at radius 3 is 1.86 bits per heavy atom. The Morgan fingerprint density at radius 2 is 1.34 bits per heavy atom. The van der Waals surface area contributed by atoms with Gasteiger partial charge in [0, 0.05) is 17.8 Å². The van der Waals surface area contributed by atoms with E-state index >= 15 is 0 Å². The predicted molar refractivity (Wildman–Crippen MR) is 114 cm³/mol. The lowest BCUT2D eigenvalue weighted by Gasteiger charge is -2.24. The fourth-order valence-corrected chi connectivity index (χ4v) is 3.20. The summed E-state index contributed by atoms with van der Waals surface area (Å²) >= 11 is 0. The zero-order chi connectivity index (χ0) is 20.6. The average molecular weight is 391 g/mol. The van der Waals surface area contributed by atoms with Crippen LogP contribution >= 0.6 is 0 Å². The highest BCUT2D eigenvalue weighted by atomic mass is 16.5. The minimum absolute atomic E-state index is 0.133. The summed E-state index contributed by atoms with van der Waals surface area (Å²) in [6.45, 7) is 0.545. The molecule has 0 N–H and O–H groups in total. The van der Waals surface area contributed by atoms with Gasteiger partial charge in [0.05, 0.1) is 21.3 Å². The van der Waals surface area contributed by atoms with E-state index in [4.69, 9.17) is 14.2 Å². The van der Waals surface area contributed by atoms with Crippen molar-refractivity contribution in [2.24, 2.45) is 0 Å². The van der Waals surface area contributed by atoms with Gasteiger partial charge in [-0.2, -0.15) is 0 Å². The molecule has 0 aliphatic rings. The van der Waals surface area contributed by atoms with Gasteiger partial charge in [-0.1, -0.05) is 48.5 Å². The molecule has 0 atom stereocenters. The number of ether oxygens (including phenoxy) is 3. The maximum Gasteiger partial charge on any atom is 0.258 e. The molecule has 0 unspecified atom stereocenters. The molecule has 3 rings (SSSR count). The second-order valence-corrected chi connectivity index (χ2v) is 6.44. The van der Waals surface area contributed by atoms with Crippen LogP contribution in [0.3, 0.4) is 0 Å². The fraction of sp³-hybridized carbons (Fsp3) is 0.208. The Labute approximate surface area is 171 Å². The number of rotatable bonds is 8. The molecule has 3 aromatic rings. The van der Waals surface area contributed by atoms with Gasteiger partial charge in [0.1, 0.15) is 0 Å². The molecule has 150 valence electrons. The summed E-state index contributed by atoms with van der Waals surface area (Å²) in [4.78, 5) is 15.2. The van der Waals surface area contributed by atoms with Crippen LogP contribution in [0.1, 0.15) is 15.9 Å². The van der Waals surface area contributed by atoms with Crippen molar-refractivity contribution in [3.8, 4) is 17.2 Å². The van der Waals surface area contributed by atoms with E-state index in [9.17, 15) is 4.79 Å². The molecule has 0 radical (unpaired) electrons. The minimum Gasteiger partial charge on any atom is -0.493 e. The first-order valence-electron chi connectivity index (χ1n) is 9.38. The second kappa shape index (κ2) is 9.64. The third-order valence-corrected chi connectivity index (χ3v) is 4.69. The summed E-state index contributed by atoms with van der Waals surface area (Å²) in [5, 5.41) is 0. The van der Waals surface area contributed by atoms with E-state index in [0.717, 1.165) is 12.1 Å². The zero-order valence-electron chi connectivity index (χ0n) is 16.9. The molecule has 0 aliphatic heterocycles. The monoisotopic (exact) mass is 391 g/mol. The molecule has 0 fully saturated rings. The van der Waals surface area contributed by atoms with Crippen LogP contribution < -0.4 is 19.1 Å². The standard InChI is InChI=1S/C24H25NO4/c1-27-21-16-19(17-22(28-2)23(21)29-3)24(26)25(20-12-8-5-9-13-20)15-14-18-10-6-4-7-11-18/h4-13,16-17H,14-15H2,1-3H3. The van der Waals surface area contributed by atoms with Gasteiger partial charge >= 0.3 is 0 Å². The highest BCUT2D eigenvalue weighted by Crippen LogP contribution is 2.38. The third kappa shape index (κ3) is 4.69. The van der Waals surface area contributed by atoms with Crippen LogP contribution in [0, 0.1) is 0 Å². The molecule has 0 aromatic heterocycles. The van der Waals surface area contributed by atoms with E-state index in [-0.39, 0.29) is 5.91 Å². The number of hydrogen-bond donors (Lipinski definition) is 0. The molecule has 0 spiro atoms. The van der Waals surface area contributed by atoms with E-state index < -0.39 is 0 Å². The summed E-state index contributed by atoms with van der Waals surface area (Å²) in [6.07, 6.45) is 0.742. The van der Waals surface area contributed by atoms with Crippen molar-refractivity contribution >= 4 is 11.6 Å². The van der Waals surface area contributed by atoms with Gasteiger partial charge in [0.15, 0.2) is 11.5 Å². The zero-order valence-corrected chi connectivity index (χ0v) is 16.9. The molecule has 3 aromatic carbocycles. The number of carbonyl (C=O) groups excluding carboxylic acids is 1. The summed E-state index contributed by atoms with van der Waals surface area (Å²) in [6, 6.07) is 23.1. The Bertz CT molecular complexity index is 917. The first-order valence-corrected chi connectivity index (χ1v) is 9.38. The van der Waals surface area contributed by atoms with Crippen molar-refractivity contribution in [2.45, 2.75) is 6.42 Å². The lowest BCUT2D eigenvalue weighted by atomic mass is 10.1. The van der Waals surface area contributed by atoms with E-state index in [1.165, 1.54) is 26.9 Å². The Balaban J connectivity index is 1.96. The molecular weight excluding hydrogens is 366 g/mol. The number of nitrogens with zero attached hydrogens (tertiary/aromatic N) is 1. The molecule has 0 aliphatic carbocycles. The lowest BCUT2D eigenvalue weighted by molar-refractivity contribution is 0.0986. The molecule has 0 saturated heterocycles. The molecule has 5 heteroatoms. The number of para-hydroxylation sites is 1. The normalized spacial score (nSPS) is 10.3. The topological polar surface area (TPSA) is 48.0 Å². The Morgan fingerprint density at radius 1 is 0.793 bits per heavy atom. The van der Waals surface area contributed by atoms with Gasteiger partial charge in [0.25, 0.3) is 5.91 Å². The highest BCUT2D eigenvalue weighted by molar-refractivity contribution is 6.06. The number of carbonyl (C=O) groups is 1. The first-order chi connectivity index (χ1) is 14.2. The number of amides is 1. The third-order valence-electron chi connectivity index (χ3n) is 4.69. The van der Waals surface area contributed by atoms with Crippen molar-refractivity contribution < 1.29 is 19.0 Å². The van der Waals surface area contributed by atoms with Crippen LogP contribution in [-0.4, -0.2) is 33.8 Å². The second-order valence-electron chi connectivity index (χ2n) is 6.44. The summed E-state index contributed by atoms with van der Waals surface area (Å²) in [7, 11) is 4.61. The molecule has 0 saturated carbocycles. The van der Waals surface area contributed by atoms with Crippen LogP contribution in [0.5, 0.6) is 17.2 Å². The Kier molecular flexibility index (Phi) is 6.74. The number of methoxy groups -OCH3 is 3. The van der Waals surface area contributed by atoms with Crippen LogP contribution in [-0.2, 0) is 6.42 Å². The average Bonchev–Trinajstić information content (AvgIpc) is 2.79. The van der Waals surface area contributed by atoms with E-state index in [2.05, 4.69) is 12.1 Å². The van der Waals surface area contributed by atoms with Crippen LogP contribution in [0.15, 0.2) is 72.8 Å². The molecule has 0 bridgehead atoms. The lowest BCUT2D eigenvalue weighted by Crippen LogP contribution is -2.33. The van der Waals surface area contributed by atoms with E-state index in [1.807, 2.05) is 48.5 Å². The number of anilines is 1. The van der Waals surface area contributed by atoms with Crippen molar-refractivity contribution in [1.82, 2.24) is 0 Å². The maximum absolute atomic E-state index is 13.5. The van der Waals surface area contributed by atoms with E-state index in [1.54, 1.807) is 17.0 Å². The number of hydrogen-bond acceptors (Lipinski definition) is 4.